The number of nitrogens with zero attached hydrogens (tertiary/aromatic N) is 4. The van der Waals surface area contributed by atoms with Crippen LogP contribution in [0.2, 0.25) is 0 Å². The Bertz CT molecular complexity index is 1980. The van der Waals surface area contributed by atoms with E-state index in [0.717, 1.165) is 49.7 Å². The number of rotatable bonds is 6. The molecule has 4 nitrogen and oxygen atoms in total. The van der Waals surface area contributed by atoms with E-state index in [0.29, 0.717) is 23.0 Å². The molecule has 0 radical (unpaired) electrons. The van der Waals surface area contributed by atoms with Crippen LogP contribution in [-0.2, 0) is 0 Å². The summed E-state index contributed by atoms with van der Waals surface area (Å²) >= 11 is 0. The Hall–Kier alpha value is -5.66. The van der Waals surface area contributed by atoms with Gasteiger partial charge in [0.1, 0.15) is 0 Å². The number of hydrogen-bond donors (Lipinski definition) is 0. The predicted molar refractivity (Wildman–Crippen MR) is 172 cm³/mol. The molecule has 0 spiro atoms. The van der Waals surface area contributed by atoms with E-state index in [2.05, 4.69) is 66.7 Å². The SMILES string of the molecule is C/C=C\C(=C/C)c1nc(-c2ccccc2)nc(-c2c(-c3ccc(-c4ccc(C#N)cc4)cc3)ccc3ccccc23)n1. The van der Waals surface area contributed by atoms with Gasteiger partial charge in [-0.05, 0) is 59.0 Å². The lowest BCUT2D eigenvalue weighted by Crippen LogP contribution is -2.03. The minimum atomic E-state index is 0.630. The maximum Gasteiger partial charge on any atom is 0.165 e. The molecule has 0 aliphatic carbocycles. The van der Waals surface area contributed by atoms with Gasteiger partial charge in [0.05, 0.1) is 11.6 Å². The molecule has 4 heteroatoms. The Balaban J connectivity index is 1.56. The molecule has 0 saturated carbocycles. The highest BCUT2D eigenvalue weighted by Crippen LogP contribution is 2.38. The average molecular weight is 541 g/mol. The highest BCUT2D eigenvalue weighted by Gasteiger charge is 2.18. The molecule has 0 N–H and O–H groups in total. The molecular formula is C38H28N4. The zero-order chi connectivity index (χ0) is 28.9. The van der Waals surface area contributed by atoms with Crippen molar-refractivity contribution >= 4 is 16.3 Å². The predicted octanol–water partition coefficient (Wildman–Crippen LogP) is 9.54. The zero-order valence-corrected chi connectivity index (χ0v) is 23.5. The standard InChI is InChI=1S/C38H28N4/c1-3-10-27(4-2)36-40-37(32-12-6-5-7-13-32)42-38(41-36)35-33-14-9-8-11-30(33)23-24-34(35)31-21-19-29(20-22-31)28-17-15-26(25-39)16-18-28/h3-24H,1-2H3/b10-3-,27-4+. The Morgan fingerprint density at radius 3 is 1.95 bits per heavy atom. The van der Waals surface area contributed by atoms with Crippen molar-refractivity contribution in [3.63, 3.8) is 0 Å². The third-order valence-electron chi connectivity index (χ3n) is 7.28. The number of allylic oxidation sites excluding steroid dienone is 4. The fourth-order valence-electron chi connectivity index (χ4n) is 5.15. The number of hydrogen-bond acceptors (Lipinski definition) is 4. The Kier molecular flexibility index (Phi) is 7.48. The van der Waals surface area contributed by atoms with Crippen LogP contribution in [0.1, 0.15) is 25.2 Å². The minimum Gasteiger partial charge on any atom is -0.208 e. The minimum absolute atomic E-state index is 0.630. The first-order chi connectivity index (χ1) is 20.7. The van der Waals surface area contributed by atoms with Crippen LogP contribution in [0.25, 0.3) is 61.4 Å². The van der Waals surface area contributed by atoms with Crippen molar-refractivity contribution in [3.05, 3.63) is 145 Å². The lowest BCUT2D eigenvalue weighted by Gasteiger charge is -2.15. The second kappa shape index (κ2) is 11.8. The number of benzene rings is 5. The van der Waals surface area contributed by atoms with Gasteiger partial charge in [-0.2, -0.15) is 5.26 Å². The Morgan fingerprint density at radius 2 is 1.26 bits per heavy atom. The van der Waals surface area contributed by atoms with E-state index in [1.165, 1.54) is 0 Å². The van der Waals surface area contributed by atoms with Gasteiger partial charge in [-0.3, -0.25) is 0 Å². The van der Waals surface area contributed by atoms with E-state index in [9.17, 15) is 0 Å². The number of nitriles is 1. The molecule has 0 bridgehead atoms. The van der Waals surface area contributed by atoms with Gasteiger partial charge < -0.3 is 0 Å². The first-order valence-corrected chi connectivity index (χ1v) is 13.9. The molecule has 6 rings (SSSR count). The molecule has 1 aromatic heterocycles. The third kappa shape index (κ3) is 5.24. The molecular weight excluding hydrogens is 512 g/mol. The normalized spacial score (nSPS) is 11.6. The maximum atomic E-state index is 9.16. The third-order valence-corrected chi connectivity index (χ3v) is 7.28. The molecule has 0 fully saturated rings. The van der Waals surface area contributed by atoms with Crippen molar-refractivity contribution in [1.82, 2.24) is 15.0 Å². The van der Waals surface area contributed by atoms with Gasteiger partial charge in [0, 0.05) is 16.7 Å². The summed E-state index contributed by atoms with van der Waals surface area (Å²) in [5, 5.41) is 11.4. The summed E-state index contributed by atoms with van der Waals surface area (Å²) in [5.41, 5.74) is 7.76. The summed E-state index contributed by atoms with van der Waals surface area (Å²) in [6.45, 7) is 3.99. The van der Waals surface area contributed by atoms with Crippen LogP contribution >= 0.6 is 0 Å². The highest BCUT2D eigenvalue weighted by atomic mass is 15.0. The van der Waals surface area contributed by atoms with E-state index in [4.69, 9.17) is 20.2 Å². The average Bonchev–Trinajstić information content (AvgIpc) is 3.07. The van der Waals surface area contributed by atoms with Crippen molar-refractivity contribution < 1.29 is 0 Å². The van der Waals surface area contributed by atoms with Gasteiger partial charge in [0.15, 0.2) is 17.5 Å². The first kappa shape index (κ1) is 26.6. The second-order valence-corrected chi connectivity index (χ2v) is 9.89. The molecule has 0 aliphatic rings. The monoisotopic (exact) mass is 540 g/mol. The number of fused-ring (bicyclic) bond motifs is 1. The molecule has 5 aromatic carbocycles. The van der Waals surface area contributed by atoms with Crippen molar-refractivity contribution in [2.24, 2.45) is 0 Å². The van der Waals surface area contributed by atoms with E-state index in [-0.39, 0.29) is 0 Å². The highest BCUT2D eigenvalue weighted by molar-refractivity contribution is 6.03. The quantitative estimate of drug-likeness (QED) is 0.197. The fourth-order valence-corrected chi connectivity index (χ4v) is 5.15. The molecule has 0 unspecified atom stereocenters. The molecule has 200 valence electrons. The van der Waals surface area contributed by atoms with Crippen LogP contribution in [0, 0.1) is 11.3 Å². The molecule has 0 atom stereocenters. The summed E-state index contributed by atoms with van der Waals surface area (Å²) in [6, 6.07) is 41.1. The molecule has 6 aromatic rings. The van der Waals surface area contributed by atoms with Gasteiger partial charge in [-0.1, -0.05) is 121 Å². The molecule has 0 amide bonds. The van der Waals surface area contributed by atoms with Crippen LogP contribution in [0.3, 0.4) is 0 Å². The van der Waals surface area contributed by atoms with Crippen molar-refractivity contribution in [2.45, 2.75) is 13.8 Å². The summed E-state index contributed by atoms with van der Waals surface area (Å²) < 4.78 is 0. The van der Waals surface area contributed by atoms with Crippen LogP contribution in [0.15, 0.2) is 133 Å². The van der Waals surface area contributed by atoms with Gasteiger partial charge in [-0.25, -0.2) is 15.0 Å². The van der Waals surface area contributed by atoms with Gasteiger partial charge in [-0.15, -0.1) is 0 Å². The van der Waals surface area contributed by atoms with Crippen molar-refractivity contribution in [2.75, 3.05) is 0 Å². The van der Waals surface area contributed by atoms with Crippen LogP contribution in [0.5, 0.6) is 0 Å². The molecule has 1 heterocycles. The number of aromatic nitrogens is 3. The largest absolute Gasteiger partial charge is 0.208 e. The van der Waals surface area contributed by atoms with E-state index < -0.39 is 0 Å². The summed E-state index contributed by atoms with van der Waals surface area (Å²) in [6.07, 6.45) is 6.05. The van der Waals surface area contributed by atoms with E-state index >= 15 is 0 Å². The first-order valence-electron chi connectivity index (χ1n) is 13.9. The lowest BCUT2D eigenvalue weighted by atomic mass is 9.92. The zero-order valence-electron chi connectivity index (χ0n) is 23.5. The van der Waals surface area contributed by atoms with Crippen LogP contribution in [0.4, 0.5) is 0 Å². The smallest absolute Gasteiger partial charge is 0.165 e. The lowest BCUT2D eigenvalue weighted by molar-refractivity contribution is 1.04. The molecule has 0 saturated heterocycles. The fraction of sp³-hybridized carbons (Fsp3) is 0.0526. The summed E-state index contributed by atoms with van der Waals surface area (Å²) in [7, 11) is 0. The Labute approximate surface area is 246 Å². The second-order valence-electron chi connectivity index (χ2n) is 9.89. The molecule has 42 heavy (non-hydrogen) atoms. The van der Waals surface area contributed by atoms with E-state index in [1.54, 1.807) is 0 Å². The van der Waals surface area contributed by atoms with Gasteiger partial charge >= 0.3 is 0 Å². The van der Waals surface area contributed by atoms with Crippen molar-refractivity contribution in [3.8, 4) is 51.1 Å². The van der Waals surface area contributed by atoms with E-state index in [1.807, 2.05) is 86.7 Å². The van der Waals surface area contributed by atoms with Crippen LogP contribution < -0.4 is 0 Å². The topological polar surface area (TPSA) is 62.5 Å². The summed E-state index contributed by atoms with van der Waals surface area (Å²) in [4.78, 5) is 15.0. The Morgan fingerprint density at radius 1 is 0.619 bits per heavy atom. The van der Waals surface area contributed by atoms with Crippen molar-refractivity contribution in [1.29, 1.82) is 5.26 Å². The van der Waals surface area contributed by atoms with Gasteiger partial charge in [0.25, 0.3) is 0 Å². The maximum absolute atomic E-state index is 9.16. The molecule has 0 aliphatic heterocycles. The van der Waals surface area contributed by atoms with Crippen LogP contribution in [-0.4, -0.2) is 15.0 Å². The van der Waals surface area contributed by atoms with Gasteiger partial charge in [0.2, 0.25) is 0 Å². The summed E-state index contributed by atoms with van der Waals surface area (Å²) in [5.74, 6) is 1.90.